The molecule has 1 N–H and O–H groups in total. The fourth-order valence-corrected chi connectivity index (χ4v) is 2.01. The molecule has 0 aromatic heterocycles. The normalized spacial score (nSPS) is 23.4. The summed E-state index contributed by atoms with van der Waals surface area (Å²) >= 11 is 0. The highest BCUT2D eigenvalue weighted by Gasteiger charge is 2.55. The first-order valence-corrected chi connectivity index (χ1v) is 5.30. The van der Waals surface area contributed by atoms with Crippen LogP contribution in [0.15, 0.2) is 48.2 Å². The summed E-state index contributed by atoms with van der Waals surface area (Å²) in [4.78, 5) is 12.0. The Bertz CT molecular complexity index is 514. The monoisotopic (exact) mass is 230 g/mol. The number of methoxy groups -OCH3 is 1. The molecular formula is C14H14O3. The van der Waals surface area contributed by atoms with E-state index in [1.54, 1.807) is 6.92 Å². The topological polar surface area (TPSA) is 46.5 Å². The fraction of sp³-hybridized carbons (Fsp3) is 0.214. The molecule has 1 aliphatic rings. The highest BCUT2D eigenvalue weighted by atomic mass is 16.5. The molecule has 3 heteroatoms. The van der Waals surface area contributed by atoms with Crippen LogP contribution in [0.2, 0.25) is 0 Å². The van der Waals surface area contributed by atoms with Gasteiger partial charge in [-0.1, -0.05) is 36.9 Å². The van der Waals surface area contributed by atoms with Crippen LogP contribution in [0.5, 0.6) is 0 Å². The lowest BCUT2D eigenvalue weighted by Crippen LogP contribution is -2.51. The number of benzene rings is 1. The maximum atomic E-state index is 12.0. The molecule has 1 aromatic rings. The van der Waals surface area contributed by atoms with Crippen LogP contribution in [0.4, 0.5) is 0 Å². The molecule has 0 bridgehead atoms. The van der Waals surface area contributed by atoms with Crippen molar-refractivity contribution in [2.75, 3.05) is 7.11 Å². The molecule has 3 nitrogen and oxygen atoms in total. The highest BCUT2D eigenvalue weighted by molar-refractivity contribution is 6.34. The number of carbonyl (C=O) groups is 1. The van der Waals surface area contributed by atoms with Crippen molar-refractivity contribution in [1.82, 2.24) is 0 Å². The van der Waals surface area contributed by atoms with Crippen molar-refractivity contribution in [2.45, 2.75) is 12.5 Å². The predicted molar refractivity (Wildman–Crippen MR) is 65.1 cm³/mol. The fourth-order valence-electron chi connectivity index (χ4n) is 2.01. The average molecular weight is 230 g/mol. The van der Waals surface area contributed by atoms with Gasteiger partial charge in [-0.2, -0.15) is 0 Å². The van der Waals surface area contributed by atoms with Gasteiger partial charge in [-0.05, 0) is 18.1 Å². The maximum absolute atomic E-state index is 12.0. The Hall–Kier alpha value is -1.87. The molecule has 0 spiro atoms. The first-order chi connectivity index (χ1) is 8.03. The van der Waals surface area contributed by atoms with Gasteiger partial charge in [0.1, 0.15) is 0 Å². The van der Waals surface area contributed by atoms with E-state index in [1.807, 2.05) is 30.3 Å². The maximum Gasteiger partial charge on any atom is 0.210 e. The third kappa shape index (κ3) is 1.43. The number of Topliss-reactive ketones (excluding diaryl/α,β-unsaturated/α-hetero) is 1. The van der Waals surface area contributed by atoms with Crippen molar-refractivity contribution < 1.29 is 14.6 Å². The van der Waals surface area contributed by atoms with Gasteiger partial charge in [-0.15, -0.1) is 0 Å². The zero-order valence-corrected chi connectivity index (χ0v) is 9.86. The summed E-state index contributed by atoms with van der Waals surface area (Å²) in [6.45, 7) is 5.25. The molecule has 0 heterocycles. The van der Waals surface area contributed by atoms with Crippen molar-refractivity contribution >= 4 is 11.4 Å². The van der Waals surface area contributed by atoms with Gasteiger partial charge >= 0.3 is 0 Å². The third-order valence-electron chi connectivity index (χ3n) is 3.00. The lowest BCUT2D eigenvalue weighted by Gasteiger charge is -2.38. The van der Waals surface area contributed by atoms with Gasteiger partial charge in [0.15, 0.2) is 5.76 Å². The van der Waals surface area contributed by atoms with E-state index in [4.69, 9.17) is 4.74 Å². The summed E-state index contributed by atoms with van der Waals surface area (Å²) in [6, 6.07) is 9.15. The molecule has 0 aliphatic heterocycles. The number of ketones is 1. The molecule has 0 fully saturated rings. The summed E-state index contributed by atoms with van der Waals surface area (Å²) in [7, 11) is 1.44. The molecule has 0 amide bonds. The van der Waals surface area contributed by atoms with Gasteiger partial charge in [-0.25, -0.2) is 0 Å². The van der Waals surface area contributed by atoms with Gasteiger partial charge in [0.05, 0.1) is 12.7 Å². The Labute approximate surface area is 100 Å². The molecule has 2 rings (SSSR count). The van der Waals surface area contributed by atoms with Crippen molar-refractivity contribution in [3.05, 3.63) is 53.8 Å². The number of hydrogen-bond acceptors (Lipinski definition) is 3. The number of aliphatic hydroxyl groups is 1. The molecule has 88 valence electrons. The van der Waals surface area contributed by atoms with Gasteiger partial charge in [0.2, 0.25) is 11.4 Å². The molecule has 0 saturated carbocycles. The molecule has 1 aliphatic carbocycles. The summed E-state index contributed by atoms with van der Waals surface area (Å²) < 4.78 is 5.15. The molecule has 0 saturated heterocycles. The Morgan fingerprint density at radius 3 is 2.41 bits per heavy atom. The zero-order chi connectivity index (χ0) is 12.6. The molecular weight excluding hydrogens is 216 g/mol. The number of hydrogen-bond donors (Lipinski definition) is 1. The second kappa shape index (κ2) is 3.86. The third-order valence-corrected chi connectivity index (χ3v) is 3.00. The van der Waals surface area contributed by atoms with E-state index in [-0.39, 0.29) is 11.5 Å². The van der Waals surface area contributed by atoms with Crippen LogP contribution < -0.4 is 0 Å². The number of rotatable bonds is 3. The van der Waals surface area contributed by atoms with Crippen LogP contribution in [0, 0.1) is 0 Å². The standard InChI is InChI=1S/C14H14O3/c1-9(2)14(16)12(15)11(13(14)17-3)10-7-5-4-6-8-10/h4-8,16H,1H2,2-3H3. The van der Waals surface area contributed by atoms with E-state index < -0.39 is 5.60 Å². The van der Waals surface area contributed by atoms with Crippen LogP contribution in [0.1, 0.15) is 12.5 Å². The summed E-state index contributed by atoms with van der Waals surface area (Å²) in [5.74, 6) is -0.0748. The average Bonchev–Trinajstić information content (AvgIpc) is 2.34. The van der Waals surface area contributed by atoms with Gasteiger partial charge in [0.25, 0.3) is 0 Å². The first-order valence-electron chi connectivity index (χ1n) is 5.30. The van der Waals surface area contributed by atoms with Crippen molar-refractivity contribution in [2.24, 2.45) is 0 Å². The van der Waals surface area contributed by atoms with E-state index in [2.05, 4.69) is 6.58 Å². The van der Waals surface area contributed by atoms with E-state index in [0.29, 0.717) is 11.1 Å². The Balaban J connectivity index is 2.56. The van der Waals surface area contributed by atoms with Gasteiger partial charge in [-0.3, -0.25) is 4.79 Å². The zero-order valence-electron chi connectivity index (χ0n) is 9.86. The lowest BCUT2D eigenvalue weighted by atomic mass is 9.71. The van der Waals surface area contributed by atoms with Crippen molar-refractivity contribution in [3.63, 3.8) is 0 Å². The Morgan fingerprint density at radius 2 is 1.94 bits per heavy atom. The highest BCUT2D eigenvalue weighted by Crippen LogP contribution is 2.44. The predicted octanol–water partition coefficient (Wildman–Crippen LogP) is 1.93. The van der Waals surface area contributed by atoms with E-state index in [9.17, 15) is 9.90 Å². The quantitative estimate of drug-likeness (QED) is 0.807. The van der Waals surface area contributed by atoms with E-state index >= 15 is 0 Å². The molecule has 1 atom stereocenters. The van der Waals surface area contributed by atoms with Gasteiger partial charge < -0.3 is 9.84 Å². The second-order valence-corrected chi connectivity index (χ2v) is 4.09. The minimum absolute atomic E-state index is 0.279. The first kappa shape index (κ1) is 11.6. The van der Waals surface area contributed by atoms with Gasteiger partial charge in [0, 0.05) is 0 Å². The summed E-state index contributed by atoms with van der Waals surface area (Å²) in [6.07, 6.45) is 0. The van der Waals surface area contributed by atoms with Crippen molar-refractivity contribution in [1.29, 1.82) is 0 Å². The molecule has 1 unspecified atom stereocenters. The number of carbonyl (C=O) groups excluding carboxylic acids is 1. The van der Waals surface area contributed by atoms with Crippen LogP contribution in [-0.4, -0.2) is 23.6 Å². The van der Waals surface area contributed by atoms with E-state index in [1.165, 1.54) is 7.11 Å². The van der Waals surface area contributed by atoms with Crippen molar-refractivity contribution in [3.8, 4) is 0 Å². The number of ether oxygens (including phenoxy) is 1. The largest absolute Gasteiger partial charge is 0.496 e. The smallest absolute Gasteiger partial charge is 0.210 e. The van der Waals surface area contributed by atoms with Crippen LogP contribution >= 0.6 is 0 Å². The molecule has 1 aromatic carbocycles. The minimum Gasteiger partial charge on any atom is -0.496 e. The van der Waals surface area contributed by atoms with Crippen LogP contribution in [-0.2, 0) is 9.53 Å². The Morgan fingerprint density at radius 1 is 1.35 bits per heavy atom. The SMILES string of the molecule is C=C(C)C1(O)C(=O)C(c2ccccc2)=C1OC. The van der Waals surface area contributed by atoms with Crippen LogP contribution in [0.3, 0.4) is 0 Å². The summed E-state index contributed by atoms with van der Waals surface area (Å²) in [5.41, 5.74) is -0.0992. The Kier molecular flexibility index (Phi) is 2.63. The van der Waals surface area contributed by atoms with E-state index in [0.717, 1.165) is 5.56 Å². The molecule has 17 heavy (non-hydrogen) atoms. The van der Waals surface area contributed by atoms with Crippen LogP contribution in [0.25, 0.3) is 5.57 Å². The summed E-state index contributed by atoms with van der Waals surface area (Å²) in [5, 5.41) is 10.2. The molecule has 0 radical (unpaired) electrons. The minimum atomic E-state index is -1.65. The second-order valence-electron chi connectivity index (χ2n) is 4.09. The lowest BCUT2D eigenvalue weighted by molar-refractivity contribution is -0.131.